The van der Waals surface area contributed by atoms with Crippen LogP contribution in [0.5, 0.6) is 11.5 Å². The maximum atomic E-state index is 12.0. The molecule has 134 valence electrons. The summed E-state index contributed by atoms with van der Waals surface area (Å²) >= 11 is 0. The summed E-state index contributed by atoms with van der Waals surface area (Å²) in [6.45, 7) is 4.10. The van der Waals surface area contributed by atoms with Gasteiger partial charge < -0.3 is 20.1 Å². The first-order valence-electron chi connectivity index (χ1n) is 8.70. The highest BCUT2D eigenvalue weighted by atomic mass is 16.5. The minimum atomic E-state index is -0.0762. The van der Waals surface area contributed by atoms with Crippen LogP contribution in [0.2, 0.25) is 0 Å². The Labute approximate surface area is 149 Å². The van der Waals surface area contributed by atoms with Gasteiger partial charge in [-0.1, -0.05) is 43.7 Å². The third kappa shape index (κ3) is 7.27. The number of hydrogen-bond donors (Lipinski definition) is 2. The van der Waals surface area contributed by atoms with Gasteiger partial charge in [0.25, 0.3) is 0 Å². The van der Waals surface area contributed by atoms with E-state index in [0.29, 0.717) is 31.2 Å². The smallest absolute Gasteiger partial charge is 0.238 e. The molecule has 0 aromatic heterocycles. The maximum Gasteiger partial charge on any atom is 0.238 e. The van der Waals surface area contributed by atoms with E-state index < -0.39 is 0 Å². The van der Waals surface area contributed by atoms with Crippen molar-refractivity contribution in [3.8, 4) is 11.5 Å². The lowest BCUT2D eigenvalue weighted by molar-refractivity contribution is -0.115. The van der Waals surface area contributed by atoms with E-state index in [0.717, 1.165) is 25.1 Å². The van der Waals surface area contributed by atoms with Crippen molar-refractivity contribution in [2.45, 2.75) is 19.8 Å². The summed E-state index contributed by atoms with van der Waals surface area (Å²) in [7, 11) is 0. The third-order valence-electron chi connectivity index (χ3n) is 3.51. The Balaban J connectivity index is 1.76. The quantitative estimate of drug-likeness (QED) is 0.614. The number of benzene rings is 2. The molecule has 0 aliphatic carbocycles. The van der Waals surface area contributed by atoms with Crippen LogP contribution in [0.15, 0.2) is 54.6 Å². The second kappa shape index (κ2) is 11.1. The van der Waals surface area contributed by atoms with Crippen molar-refractivity contribution in [2.75, 3.05) is 31.6 Å². The second-order valence-electron chi connectivity index (χ2n) is 5.58. The normalized spacial score (nSPS) is 10.3. The van der Waals surface area contributed by atoms with Crippen LogP contribution >= 0.6 is 0 Å². The van der Waals surface area contributed by atoms with Gasteiger partial charge >= 0.3 is 0 Å². The first-order valence-corrected chi connectivity index (χ1v) is 8.70. The number of carbonyl (C=O) groups excluding carboxylic acids is 1. The largest absolute Gasteiger partial charge is 0.490 e. The lowest BCUT2D eigenvalue weighted by Crippen LogP contribution is -2.28. The van der Waals surface area contributed by atoms with E-state index in [1.165, 1.54) is 0 Å². The lowest BCUT2D eigenvalue weighted by Gasteiger charge is -2.13. The molecule has 2 rings (SSSR count). The van der Waals surface area contributed by atoms with Crippen LogP contribution in [-0.2, 0) is 4.79 Å². The molecule has 2 aromatic carbocycles. The van der Waals surface area contributed by atoms with Crippen LogP contribution in [0.3, 0.4) is 0 Å². The highest BCUT2D eigenvalue weighted by Gasteiger charge is 2.07. The van der Waals surface area contributed by atoms with Gasteiger partial charge in [0.15, 0.2) is 0 Å². The molecule has 0 saturated carbocycles. The summed E-state index contributed by atoms with van der Waals surface area (Å²) in [5, 5.41) is 6.00. The molecule has 0 spiro atoms. The highest BCUT2D eigenvalue weighted by Crippen LogP contribution is 2.23. The monoisotopic (exact) mass is 342 g/mol. The van der Waals surface area contributed by atoms with Crippen molar-refractivity contribution in [3.05, 3.63) is 54.6 Å². The lowest BCUT2D eigenvalue weighted by atomic mass is 10.3. The molecule has 0 aliphatic rings. The molecule has 0 atom stereocenters. The Hall–Kier alpha value is -2.53. The Morgan fingerprint density at radius 1 is 0.960 bits per heavy atom. The number of nitrogens with one attached hydrogen (secondary N) is 2. The van der Waals surface area contributed by atoms with Gasteiger partial charge in [0.2, 0.25) is 5.91 Å². The van der Waals surface area contributed by atoms with E-state index in [-0.39, 0.29) is 5.91 Å². The Kier molecular flexibility index (Phi) is 8.35. The summed E-state index contributed by atoms with van der Waals surface area (Å²) < 4.78 is 11.3. The highest BCUT2D eigenvalue weighted by molar-refractivity contribution is 5.93. The number of para-hydroxylation sites is 3. The number of amides is 1. The Morgan fingerprint density at radius 3 is 2.48 bits per heavy atom. The van der Waals surface area contributed by atoms with Crippen molar-refractivity contribution in [1.29, 1.82) is 0 Å². The van der Waals surface area contributed by atoms with Crippen LogP contribution in [0, 0.1) is 0 Å². The SMILES string of the molecule is CCCCNCC(=O)Nc1ccccc1OCCOc1ccccc1. The van der Waals surface area contributed by atoms with Crippen LogP contribution in [0.4, 0.5) is 5.69 Å². The molecule has 0 aliphatic heterocycles. The molecule has 2 N–H and O–H groups in total. The van der Waals surface area contributed by atoms with E-state index in [1.54, 1.807) is 0 Å². The molecular formula is C20H26N2O3. The average Bonchev–Trinajstić information content (AvgIpc) is 2.64. The van der Waals surface area contributed by atoms with Crippen molar-refractivity contribution in [2.24, 2.45) is 0 Å². The van der Waals surface area contributed by atoms with Gasteiger partial charge in [-0.05, 0) is 37.2 Å². The molecule has 0 radical (unpaired) electrons. The summed E-state index contributed by atoms with van der Waals surface area (Å²) in [6, 6.07) is 17.0. The van der Waals surface area contributed by atoms with E-state index in [2.05, 4.69) is 17.6 Å². The minimum absolute atomic E-state index is 0.0762. The summed E-state index contributed by atoms with van der Waals surface area (Å²) in [5.74, 6) is 1.37. The molecule has 0 fully saturated rings. The van der Waals surface area contributed by atoms with E-state index in [9.17, 15) is 4.79 Å². The van der Waals surface area contributed by atoms with Crippen LogP contribution in [-0.4, -0.2) is 32.2 Å². The number of unbranched alkanes of at least 4 members (excludes halogenated alkanes) is 1. The zero-order chi connectivity index (χ0) is 17.7. The summed E-state index contributed by atoms with van der Waals surface area (Å²) in [6.07, 6.45) is 2.17. The number of rotatable bonds is 11. The first kappa shape index (κ1) is 18.8. The predicted octanol–water partition coefficient (Wildman–Crippen LogP) is 3.47. The summed E-state index contributed by atoms with van der Waals surface area (Å²) in [5.41, 5.74) is 0.671. The van der Waals surface area contributed by atoms with Crippen molar-refractivity contribution in [1.82, 2.24) is 5.32 Å². The second-order valence-corrected chi connectivity index (χ2v) is 5.58. The van der Waals surface area contributed by atoms with Crippen LogP contribution in [0.25, 0.3) is 0 Å². The molecule has 2 aromatic rings. The summed E-state index contributed by atoms with van der Waals surface area (Å²) in [4.78, 5) is 12.0. The van der Waals surface area contributed by atoms with Crippen LogP contribution in [0.1, 0.15) is 19.8 Å². The van der Waals surface area contributed by atoms with Gasteiger partial charge in [0.05, 0.1) is 12.2 Å². The van der Waals surface area contributed by atoms with Gasteiger partial charge in [-0.3, -0.25) is 4.79 Å². The average molecular weight is 342 g/mol. The van der Waals surface area contributed by atoms with Crippen molar-refractivity contribution in [3.63, 3.8) is 0 Å². The molecule has 0 saturated heterocycles. The molecule has 0 heterocycles. The van der Waals surface area contributed by atoms with Gasteiger partial charge in [-0.15, -0.1) is 0 Å². The van der Waals surface area contributed by atoms with Crippen LogP contribution < -0.4 is 20.1 Å². The van der Waals surface area contributed by atoms with Gasteiger partial charge in [0.1, 0.15) is 24.7 Å². The zero-order valence-corrected chi connectivity index (χ0v) is 14.7. The topological polar surface area (TPSA) is 59.6 Å². The maximum absolute atomic E-state index is 12.0. The van der Waals surface area contributed by atoms with E-state index in [1.807, 2.05) is 54.6 Å². The minimum Gasteiger partial charge on any atom is -0.490 e. The standard InChI is InChI=1S/C20H26N2O3/c1-2-3-13-21-16-20(23)22-18-11-7-8-12-19(18)25-15-14-24-17-9-5-4-6-10-17/h4-12,21H,2-3,13-16H2,1H3,(H,22,23). The van der Waals surface area contributed by atoms with Crippen molar-refractivity contribution < 1.29 is 14.3 Å². The molecular weight excluding hydrogens is 316 g/mol. The Morgan fingerprint density at radius 2 is 1.68 bits per heavy atom. The number of hydrogen-bond acceptors (Lipinski definition) is 4. The number of carbonyl (C=O) groups is 1. The molecule has 0 bridgehead atoms. The van der Waals surface area contributed by atoms with Crippen molar-refractivity contribution >= 4 is 11.6 Å². The first-order chi connectivity index (χ1) is 12.3. The molecule has 1 amide bonds. The van der Waals surface area contributed by atoms with Gasteiger partial charge in [-0.2, -0.15) is 0 Å². The molecule has 25 heavy (non-hydrogen) atoms. The fourth-order valence-electron chi connectivity index (χ4n) is 2.22. The molecule has 5 heteroatoms. The zero-order valence-electron chi connectivity index (χ0n) is 14.7. The molecule has 5 nitrogen and oxygen atoms in total. The van der Waals surface area contributed by atoms with Gasteiger partial charge in [-0.25, -0.2) is 0 Å². The number of ether oxygens (including phenoxy) is 2. The Bertz CT molecular complexity index is 632. The third-order valence-corrected chi connectivity index (χ3v) is 3.51. The van der Waals surface area contributed by atoms with Gasteiger partial charge in [0, 0.05) is 0 Å². The van der Waals surface area contributed by atoms with E-state index >= 15 is 0 Å². The fraction of sp³-hybridized carbons (Fsp3) is 0.350. The predicted molar refractivity (Wildman–Crippen MR) is 100 cm³/mol. The number of anilines is 1. The fourth-order valence-corrected chi connectivity index (χ4v) is 2.22. The van der Waals surface area contributed by atoms with E-state index in [4.69, 9.17) is 9.47 Å². The molecule has 0 unspecified atom stereocenters.